The van der Waals surface area contributed by atoms with Crippen molar-refractivity contribution in [3.05, 3.63) is 58.9 Å². The molecule has 1 amide bonds. The maximum absolute atomic E-state index is 12.7. The van der Waals surface area contributed by atoms with Crippen LogP contribution in [0.3, 0.4) is 0 Å². The van der Waals surface area contributed by atoms with E-state index >= 15 is 0 Å². The van der Waals surface area contributed by atoms with Gasteiger partial charge in [-0.3, -0.25) is 4.79 Å². The molecule has 0 aliphatic rings. The van der Waals surface area contributed by atoms with E-state index in [2.05, 4.69) is 15.6 Å². The molecule has 134 valence electrons. The van der Waals surface area contributed by atoms with Crippen LogP contribution in [0.4, 0.5) is 5.69 Å². The van der Waals surface area contributed by atoms with Gasteiger partial charge < -0.3 is 10.1 Å². The first-order chi connectivity index (χ1) is 12.5. The van der Waals surface area contributed by atoms with E-state index < -0.39 is 0 Å². The quantitative estimate of drug-likeness (QED) is 0.663. The second kappa shape index (κ2) is 7.80. The number of anilines is 1. The van der Waals surface area contributed by atoms with Crippen LogP contribution in [-0.4, -0.2) is 34.3 Å². The first kappa shape index (κ1) is 18.3. The predicted octanol–water partition coefficient (Wildman–Crippen LogP) is 4.21. The average Bonchev–Trinajstić information content (AvgIpc) is 3.03. The molecule has 0 radical (unpaired) electrons. The molecule has 1 heterocycles. The second-order valence-corrected chi connectivity index (χ2v) is 6.75. The van der Waals surface area contributed by atoms with Crippen molar-refractivity contribution >= 4 is 35.0 Å². The fourth-order valence-electron chi connectivity index (χ4n) is 2.49. The van der Waals surface area contributed by atoms with Gasteiger partial charge in [0, 0.05) is 9.92 Å². The highest BCUT2D eigenvalue weighted by atomic mass is 35.5. The summed E-state index contributed by atoms with van der Waals surface area (Å²) in [6.07, 6.45) is 2.00. The Hall–Kier alpha value is -2.51. The van der Waals surface area contributed by atoms with Crippen LogP contribution < -0.4 is 10.1 Å². The number of hydrogen-bond acceptors (Lipinski definition) is 5. The van der Waals surface area contributed by atoms with Gasteiger partial charge in [0.25, 0.3) is 5.91 Å². The molecular formula is C18H17ClN4O2S. The van der Waals surface area contributed by atoms with Crippen molar-refractivity contribution in [1.82, 2.24) is 15.0 Å². The minimum atomic E-state index is -0.379. The van der Waals surface area contributed by atoms with Gasteiger partial charge in [0.1, 0.15) is 5.75 Å². The first-order valence-electron chi connectivity index (χ1n) is 7.75. The topological polar surface area (TPSA) is 69.0 Å². The minimum absolute atomic E-state index is 0.238. The number of carbonyl (C=O) groups is 1. The third kappa shape index (κ3) is 3.68. The zero-order valence-electron chi connectivity index (χ0n) is 14.5. The summed E-state index contributed by atoms with van der Waals surface area (Å²) in [7, 11) is 1.53. The van der Waals surface area contributed by atoms with Crippen LogP contribution in [0.15, 0.2) is 47.4 Å². The number of ether oxygens (including phenoxy) is 1. The first-order valence-corrected chi connectivity index (χ1v) is 9.35. The highest BCUT2D eigenvalue weighted by molar-refractivity contribution is 7.98. The number of nitrogens with zero attached hydrogens (tertiary/aromatic N) is 3. The number of aromatic nitrogens is 3. The monoisotopic (exact) mass is 388 g/mol. The lowest BCUT2D eigenvalue weighted by Crippen LogP contribution is -2.15. The van der Waals surface area contributed by atoms with Gasteiger partial charge >= 0.3 is 0 Å². The van der Waals surface area contributed by atoms with Crippen LogP contribution in [0.1, 0.15) is 16.2 Å². The van der Waals surface area contributed by atoms with Crippen LogP contribution in [0.25, 0.3) is 5.69 Å². The molecule has 0 saturated carbocycles. The summed E-state index contributed by atoms with van der Waals surface area (Å²) < 4.78 is 6.89. The van der Waals surface area contributed by atoms with E-state index in [0.717, 1.165) is 10.6 Å². The molecule has 26 heavy (non-hydrogen) atoms. The Balaban J connectivity index is 1.90. The third-order valence-electron chi connectivity index (χ3n) is 3.82. The Morgan fingerprint density at radius 2 is 2.08 bits per heavy atom. The molecule has 0 atom stereocenters. The van der Waals surface area contributed by atoms with Gasteiger partial charge in [-0.25, -0.2) is 4.68 Å². The van der Waals surface area contributed by atoms with Crippen molar-refractivity contribution in [3.63, 3.8) is 0 Å². The van der Waals surface area contributed by atoms with Crippen molar-refractivity contribution in [2.24, 2.45) is 0 Å². The van der Waals surface area contributed by atoms with Crippen molar-refractivity contribution in [2.75, 3.05) is 18.7 Å². The molecule has 0 spiro atoms. The molecule has 8 heteroatoms. The lowest BCUT2D eigenvalue weighted by atomic mass is 10.2. The van der Waals surface area contributed by atoms with E-state index in [1.54, 1.807) is 41.6 Å². The number of thioether (sulfide) groups is 1. The zero-order valence-corrected chi connectivity index (χ0v) is 16.1. The maximum Gasteiger partial charge on any atom is 0.278 e. The molecule has 1 aromatic heterocycles. The Bertz CT molecular complexity index is 958. The number of nitrogens with one attached hydrogen (secondary N) is 1. The van der Waals surface area contributed by atoms with Gasteiger partial charge in [0.15, 0.2) is 5.69 Å². The summed E-state index contributed by atoms with van der Waals surface area (Å²) in [5.41, 5.74) is 2.20. The Labute approximate surface area is 160 Å². The van der Waals surface area contributed by atoms with Crippen molar-refractivity contribution in [3.8, 4) is 11.4 Å². The number of methoxy groups -OCH3 is 1. The molecule has 3 aromatic rings. The van der Waals surface area contributed by atoms with Gasteiger partial charge in [-0.2, -0.15) is 0 Å². The molecule has 0 bridgehead atoms. The normalized spacial score (nSPS) is 10.6. The summed E-state index contributed by atoms with van der Waals surface area (Å²) in [5.74, 6) is 0.135. The van der Waals surface area contributed by atoms with Crippen molar-refractivity contribution in [1.29, 1.82) is 0 Å². The van der Waals surface area contributed by atoms with Gasteiger partial charge in [0.2, 0.25) is 0 Å². The molecule has 2 aromatic carbocycles. The standard InChI is InChI=1S/C18H17ClN4O2S/c1-11-17(18(24)20-15-9-12(19)7-8-16(15)25-2)21-22-23(11)13-5-4-6-14(10-13)26-3/h4-10H,1-3H3,(H,20,24). The number of rotatable bonds is 5. The van der Waals surface area contributed by atoms with Gasteiger partial charge in [-0.05, 0) is 49.6 Å². The molecule has 3 rings (SSSR count). The van der Waals surface area contributed by atoms with Crippen molar-refractivity contribution in [2.45, 2.75) is 11.8 Å². The Kier molecular flexibility index (Phi) is 5.49. The van der Waals surface area contributed by atoms with E-state index in [1.807, 2.05) is 30.5 Å². The van der Waals surface area contributed by atoms with E-state index in [9.17, 15) is 4.79 Å². The number of hydrogen-bond donors (Lipinski definition) is 1. The third-order valence-corrected chi connectivity index (χ3v) is 4.78. The number of amides is 1. The lowest BCUT2D eigenvalue weighted by Gasteiger charge is -2.10. The number of carbonyl (C=O) groups excluding carboxylic acids is 1. The molecule has 1 N–H and O–H groups in total. The average molecular weight is 389 g/mol. The van der Waals surface area contributed by atoms with Gasteiger partial charge in [-0.1, -0.05) is 22.9 Å². The van der Waals surface area contributed by atoms with Crippen molar-refractivity contribution < 1.29 is 9.53 Å². The lowest BCUT2D eigenvalue weighted by molar-refractivity contribution is 0.102. The summed E-state index contributed by atoms with van der Waals surface area (Å²) in [5, 5.41) is 11.4. The fraction of sp³-hybridized carbons (Fsp3) is 0.167. The zero-order chi connectivity index (χ0) is 18.7. The molecule has 0 saturated heterocycles. The van der Waals surface area contributed by atoms with Crippen LogP contribution in [-0.2, 0) is 0 Å². The van der Waals surface area contributed by atoms with E-state index in [1.165, 1.54) is 7.11 Å². The summed E-state index contributed by atoms with van der Waals surface area (Å²) >= 11 is 7.64. The Morgan fingerprint density at radius 1 is 1.27 bits per heavy atom. The van der Waals surface area contributed by atoms with Crippen LogP contribution in [0, 0.1) is 6.92 Å². The Morgan fingerprint density at radius 3 is 2.81 bits per heavy atom. The molecular weight excluding hydrogens is 372 g/mol. The molecule has 6 nitrogen and oxygen atoms in total. The van der Waals surface area contributed by atoms with Crippen LogP contribution in [0.5, 0.6) is 5.75 Å². The maximum atomic E-state index is 12.7. The molecule has 0 aliphatic heterocycles. The SMILES string of the molecule is COc1ccc(Cl)cc1NC(=O)c1nnn(-c2cccc(SC)c2)c1C. The van der Waals surface area contributed by atoms with E-state index in [4.69, 9.17) is 16.3 Å². The number of benzene rings is 2. The van der Waals surface area contributed by atoms with E-state index in [-0.39, 0.29) is 11.6 Å². The smallest absolute Gasteiger partial charge is 0.278 e. The fourth-order valence-corrected chi connectivity index (χ4v) is 3.11. The highest BCUT2D eigenvalue weighted by Crippen LogP contribution is 2.28. The molecule has 0 unspecified atom stereocenters. The minimum Gasteiger partial charge on any atom is -0.495 e. The van der Waals surface area contributed by atoms with Crippen LogP contribution >= 0.6 is 23.4 Å². The summed E-state index contributed by atoms with van der Waals surface area (Å²) in [6, 6.07) is 12.9. The molecule has 0 fully saturated rings. The predicted molar refractivity (Wildman–Crippen MR) is 104 cm³/mol. The molecule has 0 aliphatic carbocycles. The van der Waals surface area contributed by atoms with Crippen LogP contribution in [0.2, 0.25) is 5.02 Å². The summed E-state index contributed by atoms with van der Waals surface area (Å²) in [6.45, 7) is 1.80. The number of halogens is 1. The highest BCUT2D eigenvalue weighted by Gasteiger charge is 2.19. The summed E-state index contributed by atoms with van der Waals surface area (Å²) in [4.78, 5) is 13.8. The van der Waals surface area contributed by atoms with Gasteiger partial charge in [0.05, 0.1) is 24.2 Å². The van der Waals surface area contributed by atoms with E-state index in [0.29, 0.717) is 22.2 Å². The second-order valence-electron chi connectivity index (χ2n) is 5.44. The largest absolute Gasteiger partial charge is 0.495 e. The van der Waals surface area contributed by atoms with Gasteiger partial charge in [-0.15, -0.1) is 16.9 Å².